The number of hydrogen-bond acceptors (Lipinski definition) is 5. The molecule has 1 heterocycles. The minimum atomic E-state index is -0.543. The van der Waals surface area contributed by atoms with Gasteiger partial charge in [0.1, 0.15) is 0 Å². The van der Waals surface area contributed by atoms with E-state index in [1.165, 1.54) is 11.3 Å². The molecule has 1 aromatic heterocycles. The zero-order chi connectivity index (χ0) is 14.7. The Morgan fingerprint density at radius 3 is 2.60 bits per heavy atom. The van der Waals surface area contributed by atoms with Gasteiger partial charge in [-0.3, -0.25) is 4.79 Å². The minimum Gasteiger partial charge on any atom is -0.388 e. The highest BCUT2D eigenvalue weighted by molar-refractivity contribution is 7.14. The summed E-state index contributed by atoms with van der Waals surface area (Å²) in [7, 11) is 0. The van der Waals surface area contributed by atoms with E-state index >= 15 is 0 Å². The predicted molar refractivity (Wildman–Crippen MR) is 80.9 cm³/mol. The van der Waals surface area contributed by atoms with Crippen molar-refractivity contribution in [3.8, 4) is 11.3 Å². The first-order valence-corrected chi connectivity index (χ1v) is 7.31. The second-order valence-electron chi connectivity index (χ2n) is 4.68. The highest BCUT2D eigenvalue weighted by atomic mass is 32.1. The normalized spacial score (nSPS) is 12.4. The number of thiazole rings is 1. The first-order chi connectivity index (χ1) is 9.52. The third-order valence-corrected chi connectivity index (χ3v) is 4.13. The maximum atomic E-state index is 11.6. The topological polar surface area (TPSA) is 76.2 Å². The van der Waals surface area contributed by atoms with Crippen LogP contribution in [0.15, 0.2) is 24.3 Å². The lowest BCUT2D eigenvalue weighted by Gasteiger charge is -2.10. The molecule has 5 heteroatoms. The quantitative estimate of drug-likeness (QED) is 0.830. The molecule has 0 bridgehead atoms. The Kier molecular flexibility index (Phi) is 4.65. The van der Waals surface area contributed by atoms with Gasteiger partial charge < -0.3 is 10.8 Å². The van der Waals surface area contributed by atoms with Gasteiger partial charge in [0.05, 0.1) is 21.7 Å². The van der Waals surface area contributed by atoms with Crippen LogP contribution in [0.1, 0.15) is 39.7 Å². The van der Waals surface area contributed by atoms with E-state index in [2.05, 4.69) is 4.98 Å². The molecule has 1 unspecified atom stereocenters. The molecule has 1 atom stereocenters. The Balaban J connectivity index is 2.33. The number of carbonyl (C=O) groups is 1. The van der Waals surface area contributed by atoms with Crippen molar-refractivity contribution in [2.75, 3.05) is 6.54 Å². The number of nitrogens with zero attached hydrogens (tertiary/aromatic N) is 1. The molecule has 1 aromatic carbocycles. The second kappa shape index (κ2) is 6.26. The van der Waals surface area contributed by atoms with E-state index in [1.807, 2.05) is 31.2 Å². The molecule has 2 aromatic rings. The average molecular weight is 290 g/mol. The molecule has 3 N–H and O–H groups in total. The van der Waals surface area contributed by atoms with E-state index in [-0.39, 0.29) is 5.78 Å². The van der Waals surface area contributed by atoms with Crippen LogP contribution in [0.5, 0.6) is 0 Å². The fourth-order valence-electron chi connectivity index (χ4n) is 2.05. The molecule has 0 aliphatic heterocycles. The van der Waals surface area contributed by atoms with Crippen molar-refractivity contribution in [3.05, 3.63) is 39.7 Å². The predicted octanol–water partition coefficient (Wildman–Crippen LogP) is 2.70. The summed E-state index contributed by atoms with van der Waals surface area (Å²) in [6.07, 6.45) is -0.00749. The lowest BCUT2D eigenvalue weighted by molar-refractivity contribution is 0.102. The van der Waals surface area contributed by atoms with E-state index < -0.39 is 6.10 Å². The van der Waals surface area contributed by atoms with Crippen LogP contribution in [0.4, 0.5) is 0 Å². The summed E-state index contributed by atoms with van der Waals surface area (Å²) in [5.74, 6) is 0.0258. The van der Waals surface area contributed by atoms with Crippen LogP contribution >= 0.6 is 11.3 Å². The van der Waals surface area contributed by atoms with Crippen LogP contribution in [-0.2, 0) is 0 Å². The molecule has 4 nitrogen and oxygen atoms in total. The lowest BCUT2D eigenvalue weighted by Crippen LogP contribution is -2.06. The summed E-state index contributed by atoms with van der Waals surface area (Å²) in [5, 5.41) is 10.8. The van der Waals surface area contributed by atoms with E-state index in [4.69, 9.17) is 5.73 Å². The van der Waals surface area contributed by atoms with Crippen molar-refractivity contribution in [1.29, 1.82) is 0 Å². The van der Waals surface area contributed by atoms with Crippen molar-refractivity contribution in [2.24, 2.45) is 5.73 Å². The number of ketones is 1. The zero-order valence-electron chi connectivity index (χ0n) is 11.6. The summed E-state index contributed by atoms with van der Waals surface area (Å²) in [4.78, 5) is 16.7. The van der Waals surface area contributed by atoms with Crippen LogP contribution in [0.2, 0.25) is 0 Å². The molecule has 0 radical (unpaired) electrons. The summed E-state index contributed by atoms with van der Waals surface area (Å²) in [6, 6.07) is 7.48. The fourth-order valence-corrected chi connectivity index (χ4v) is 2.89. The van der Waals surface area contributed by atoms with Crippen LogP contribution in [0.25, 0.3) is 11.3 Å². The van der Waals surface area contributed by atoms with Gasteiger partial charge in [-0.1, -0.05) is 24.3 Å². The van der Waals surface area contributed by atoms with E-state index in [9.17, 15) is 9.90 Å². The number of carbonyl (C=O) groups excluding carboxylic acids is 1. The van der Waals surface area contributed by atoms with Crippen LogP contribution in [0.3, 0.4) is 0 Å². The van der Waals surface area contributed by atoms with E-state index in [0.29, 0.717) is 17.8 Å². The molecular weight excluding hydrogens is 272 g/mol. The molecule has 0 amide bonds. The van der Waals surface area contributed by atoms with Crippen molar-refractivity contribution < 1.29 is 9.90 Å². The number of aliphatic hydroxyl groups is 1. The smallest absolute Gasteiger partial charge is 0.172 e. The van der Waals surface area contributed by atoms with Crippen LogP contribution < -0.4 is 5.73 Å². The molecule has 0 aliphatic rings. The van der Waals surface area contributed by atoms with Crippen molar-refractivity contribution >= 4 is 17.1 Å². The number of aliphatic hydroxyl groups excluding tert-OH is 1. The number of benzene rings is 1. The maximum Gasteiger partial charge on any atom is 0.172 e. The first-order valence-electron chi connectivity index (χ1n) is 6.49. The molecule has 2 rings (SSSR count). The molecule has 0 aliphatic carbocycles. The monoisotopic (exact) mass is 290 g/mol. The largest absolute Gasteiger partial charge is 0.388 e. The van der Waals surface area contributed by atoms with E-state index in [0.717, 1.165) is 21.8 Å². The Morgan fingerprint density at radius 1 is 1.40 bits per heavy atom. The summed E-state index contributed by atoms with van der Waals surface area (Å²) < 4.78 is 0. The number of rotatable bonds is 5. The van der Waals surface area contributed by atoms with Crippen LogP contribution in [-0.4, -0.2) is 22.4 Å². The van der Waals surface area contributed by atoms with Gasteiger partial charge in [-0.2, -0.15) is 0 Å². The number of aromatic nitrogens is 1. The van der Waals surface area contributed by atoms with Gasteiger partial charge in [0, 0.05) is 12.5 Å². The first kappa shape index (κ1) is 14.8. The number of Topliss-reactive ketones (excluding diaryl/α,β-unsaturated/α-hetero) is 1. The van der Waals surface area contributed by atoms with Gasteiger partial charge in [0.2, 0.25) is 0 Å². The SMILES string of the molecule is CC(=O)c1sc(C)nc1-c1ccc(C(O)CCN)cc1. The van der Waals surface area contributed by atoms with Crippen molar-refractivity contribution in [1.82, 2.24) is 4.98 Å². The minimum absolute atomic E-state index is 0.0258. The number of hydrogen-bond donors (Lipinski definition) is 2. The molecular formula is C15H18N2O2S. The second-order valence-corrected chi connectivity index (χ2v) is 5.89. The van der Waals surface area contributed by atoms with Gasteiger partial charge in [0.15, 0.2) is 5.78 Å². The molecule has 0 spiro atoms. The molecule has 0 saturated heterocycles. The summed E-state index contributed by atoms with van der Waals surface area (Å²) in [6.45, 7) is 3.89. The van der Waals surface area contributed by atoms with Crippen molar-refractivity contribution in [3.63, 3.8) is 0 Å². The van der Waals surface area contributed by atoms with Gasteiger partial charge in [0.25, 0.3) is 0 Å². The average Bonchev–Trinajstić information content (AvgIpc) is 2.81. The Morgan fingerprint density at radius 2 is 2.05 bits per heavy atom. The molecule has 106 valence electrons. The standard InChI is InChI=1S/C15H18N2O2S/c1-9(18)15-14(17-10(2)20-15)12-5-3-11(4-6-12)13(19)7-8-16/h3-6,13,19H,7-8,16H2,1-2H3. The van der Waals surface area contributed by atoms with Crippen LogP contribution in [0, 0.1) is 6.92 Å². The third-order valence-electron chi connectivity index (χ3n) is 3.06. The Hall–Kier alpha value is -1.56. The van der Waals surface area contributed by atoms with Gasteiger partial charge in [-0.15, -0.1) is 11.3 Å². The zero-order valence-corrected chi connectivity index (χ0v) is 12.4. The maximum absolute atomic E-state index is 11.6. The number of nitrogens with two attached hydrogens (primary N) is 1. The fraction of sp³-hybridized carbons (Fsp3) is 0.333. The summed E-state index contributed by atoms with van der Waals surface area (Å²) >= 11 is 1.41. The highest BCUT2D eigenvalue weighted by Crippen LogP contribution is 2.29. The van der Waals surface area contributed by atoms with Gasteiger partial charge >= 0.3 is 0 Å². The third kappa shape index (κ3) is 3.12. The molecule has 0 saturated carbocycles. The molecule has 20 heavy (non-hydrogen) atoms. The van der Waals surface area contributed by atoms with E-state index in [1.54, 1.807) is 6.92 Å². The van der Waals surface area contributed by atoms with Gasteiger partial charge in [-0.25, -0.2) is 4.98 Å². The number of aryl methyl sites for hydroxylation is 1. The molecule has 0 fully saturated rings. The van der Waals surface area contributed by atoms with Gasteiger partial charge in [-0.05, 0) is 25.5 Å². The Bertz CT molecular complexity index is 605. The highest BCUT2D eigenvalue weighted by Gasteiger charge is 2.15. The lowest BCUT2D eigenvalue weighted by atomic mass is 10.0. The Labute approximate surface area is 122 Å². The van der Waals surface area contributed by atoms with Crippen molar-refractivity contribution in [2.45, 2.75) is 26.4 Å². The summed E-state index contributed by atoms with van der Waals surface area (Å²) in [5.41, 5.74) is 7.88.